The third kappa shape index (κ3) is 3.84. The van der Waals surface area contributed by atoms with E-state index in [2.05, 4.69) is 0 Å². The molecule has 0 saturated carbocycles. The number of hydrogen-bond acceptors (Lipinski definition) is 1. The van der Waals surface area contributed by atoms with Gasteiger partial charge in [-0.05, 0) is 48.4 Å². The van der Waals surface area contributed by atoms with Crippen molar-refractivity contribution in [1.29, 1.82) is 0 Å². The van der Waals surface area contributed by atoms with Crippen molar-refractivity contribution in [3.05, 3.63) is 71.0 Å². The third-order valence-electron chi connectivity index (χ3n) is 3.05. The Bertz CT molecular complexity index is 608. The highest BCUT2D eigenvalue weighted by Gasteiger charge is 2.23. The van der Waals surface area contributed by atoms with E-state index in [-0.39, 0.29) is 18.4 Å². The van der Waals surface area contributed by atoms with Crippen LogP contribution in [0.3, 0.4) is 0 Å². The van der Waals surface area contributed by atoms with Crippen LogP contribution in [-0.2, 0) is 12.8 Å². The lowest BCUT2D eigenvalue weighted by molar-refractivity contribution is 0.0598. The first-order chi connectivity index (χ1) is 9.35. The predicted molar refractivity (Wildman–Crippen MR) is 70.8 cm³/mol. The molecule has 2 aromatic carbocycles. The molecule has 0 aliphatic carbocycles. The molecule has 1 nitrogen and oxygen atoms in total. The van der Waals surface area contributed by atoms with Crippen LogP contribution in [0.25, 0.3) is 0 Å². The van der Waals surface area contributed by atoms with Crippen molar-refractivity contribution in [2.75, 3.05) is 0 Å². The zero-order valence-electron chi connectivity index (χ0n) is 11.0. The van der Waals surface area contributed by atoms with Crippen LogP contribution in [0.15, 0.2) is 42.5 Å². The van der Waals surface area contributed by atoms with Gasteiger partial charge in [0.15, 0.2) is 0 Å². The number of hydrogen-bond donors (Lipinski definition) is 1. The second kappa shape index (κ2) is 5.67. The second-order valence-electron chi connectivity index (χ2n) is 5.22. The number of aliphatic hydroxyl groups is 1. The van der Waals surface area contributed by atoms with E-state index in [1.165, 1.54) is 19.1 Å². The lowest BCUT2D eigenvalue weighted by Gasteiger charge is -2.24. The summed E-state index contributed by atoms with van der Waals surface area (Å²) in [6.45, 7) is 1.52. The van der Waals surface area contributed by atoms with Crippen molar-refractivity contribution in [1.82, 2.24) is 0 Å². The Morgan fingerprint density at radius 2 is 1.65 bits per heavy atom. The first-order valence-corrected chi connectivity index (χ1v) is 6.26. The molecule has 1 N–H and O–H groups in total. The van der Waals surface area contributed by atoms with Gasteiger partial charge in [0, 0.05) is 12.8 Å². The molecule has 0 saturated heterocycles. The highest BCUT2D eigenvalue weighted by atomic mass is 19.1. The standard InChI is InChI=1S/C16H15F3O/c1-16(20,9-11-3-2-4-13(17)7-11)10-12-8-14(18)5-6-15(12)19/h2-8,20H,9-10H2,1H3. The third-order valence-corrected chi connectivity index (χ3v) is 3.05. The van der Waals surface area contributed by atoms with Crippen LogP contribution < -0.4 is 0 Å². The van der Waals surface area contributed by atoms with Crippen LogP contribution in [0.4, 0.5) is 13.2 Å². The first kappa shape index (κ1) is 14.6. The van der Waals surface area contributed by atoms with Gasteiger partial charge in [-0.3, -0.25) is 0 Å². The van der Waals surface area contributed by atoms with Gasteiger partial charge in [0.1, 0.15) is 17.5 Å². The molecule has 0 aromatic heterocycles. The summed E-state index contributed by atoms with van der Waals surface area (Å²) >= 11 is 0. The van der Waals surface area contributed by atoms with Gasteiger partial charge in [-0.2, -0.15) is 0 Å². The summed E-state index contributed by atoms with van der Waals surface area (Å²) in [6.07, 6.45) is 0.105. The van der Waals surface area contributed by atoms with Crippen molar-refractivity contribution < 1.29 is 18.3 Å². The van der Waals surface area contributed by atoms with E-state index in [0.717, 1.165) is 18.2 Å². The molecule has 4 heteroatoms. The maximum absolute atomic E-state index is 13.6. The van der Waals surface area contributed by atoms with Crippen molar-refractivity contribution >= 4 is 0 Å². The van der Waals surface area contributed by atoms with E-state index < -0.39 is 23.1 Å². The fourth-order valence-electron chi connectivity index (χ4n) is 2.24. The fourth-order valence-corrected chi connectivity index (χ4v) is 2.24. The summed E-state index contributed by atoms with van der Waals surface area (Å²) < 4.78 is 39.8. The molecule has 106 valence electrons. The van der Waals surface area contributed by atoms with Crippen LogP contribution >= 0.6 is 0 Å². The van der Waals surface area contributed by atoms with Crippen LogP contribution in [-0.4, -0.2) is 10.7 Å². The van der Waals surface area contributed by atoms with Gasteiger partial charge in [-0.1, -0.05) is 12.1 Å². The van der Waals surface area contributed by atoms with Gasteiger partial charge >= 0.3 is 0 Å². The van der Waals surface area contributed by atoms with Crippen molar-refractivity contribution in [2.45, 2.75) is 25.4 Å². The van der Waals surface area contributed by atoms with Crippen LogP contribution in [0, 0.1) is 17.5 Å². The van der Waals surface area contributed by atoms with E-state index in [9.17, 15) is 18.3 Å². The molecule has 2 rings (SSSR count). The van der Waals surface area contributed by atoms with Gasteiger partial charge in [-0.25, -0.2) is 13.2 Å². The molecule has 0 heterocycles. The Morgan fingerprint density at radius 3 is 2.35 bits per heavy atom. The minimum absolute atomic E-state index is 0.0485. The van der Waals surface area contributed by atoms with E-state index in [4.69, 9.17) is 0 Å². The Morgan fingerprint density at radius 1 is 0.950 bits per heavy atom. The van der Waals surface area contributed by atoms with Crippen LogP contribution in [0.2, 0.25) is 0 Å². The summed E-state index contributed by atoms with van der Waals surface area (Å²) in [5.41, 5.74) is -0.583. The molecule has 1 atom stereocenters. The van der Waals surface area contributed by atoms with E-state index >= 15 is 0 Å². The molecule has 0 radical (unpaired) electrons. The molecular formula is C16H15F3O. The van der Waals surface area contributed by atoms with Gasteiger partial charge in [-0.15, -0.1) is 0 Å². The average Bonchev–Trinajstić information content (AvgIpc) is 2.33. The highest BCUT2D eigenvalue weighted by molar-refractivity contribution is 5.23. The van der Waals surface area contributed by atoms with Crippen LogP contribution in [0.1, 0.15) is 18.1 Å². The molecule has 1 unspecified atom stereocenters. The minimum Gasteiger partial charge on any atom is -0.389 e. The smallest absolute Gasteiger partial charge is 0.126 e. The van der Waals surface area contributed by atoms with Crippen LogP contribution in [0.5, 0.6) is 0 Å². The Balaban J connectivity index is 2.16. The van der Waals surface area contributed by atoms with Crippen molar-refractivity contribution in [3.8, 4) is 0 Å². The van der Waals surface area contributed by atoms with Crippen molar-refractivity contribution in [3.63, 3.8) is 0 Å². The van der Waals surface area contributed by atoms with Crippen molar-refractivity contribution in [2.24, 2.45) is 0 Å². The van der Waals surface area contributed by atoms with E-state index in [1.807, 2.05) is 0 Å². The quantitative estimate of drug-likeness (QED) is 0.906. The number of halogens is 3. The SMILES string of the molecule is CC(O)(Cc1cccc(F)c1)Cc1cc(F)ccc1F. The molecular weight excluding hydrogens is 265 g/mol. The highest BCUT2D eigenvalue weighted by Crippen LogP contribution is 2.21. The summed E-state index contributed by atoms with van der Waals surface area (Å²) in [6, 6.07) is 8.97. The number of benzene rings is 2. The molecule has 20 heavy (non-hydrogen) atoms. The van der Waals surface area contributed by atoms with Gasteiger partial charge in [0.2, 0.25) is 0 Å². The molecule has 0 spiro atoms. The molecule has 0 fully saturated rings. The van der Waals surface area contributed by atoms with Gasteiger partial charge in [0.05, 0.1) is 5.60 Å². The predicted octanol–water partition coefficient (Wildman–Crippen LogP) is 3.64. The lowest BCUT2D eigenvalue weighted by Crippen LogP contribution is -2.30. The molecule has 0 bridgehead atoms. The second-order valence-corrected chi connectivity index (χ2v) is 5.22. The minimum atomic E-state index is -1.29. The fraction of sp³-hybridized carbons (Fsp3) is 0.250. The summed E-state index contributed by atoms with van der Waals surface area (Å²) in [5.74, 6) is -1.51. The largest absolute Gasteiger partial charge is 0.389 e. The Labute approximate surface area is 115 Å². The average molecular weight is 280 g/mol. The monoisotopic (exact) mass is 280 g/mol. The normalized spacial score (nSPS) is 14.1. The lowest BCUT2D eigenvalue weighted by atomic mass is 9.89. The first-order valence-electron chi connectivity index (χ1n) is 6.26. The summed E-state index contributed by atoms with van der Waals surface area (Å²) in [4.78, 5) is 0. The summed E-state index contributed by atoms with van der Waals surface area (Å²) in [5, 5.41) is 10.3. The molecule has 2 aromatic rings. The topological polar surface area (TPSA) is 20.2 Å². The molecule has 0 aliphatic heterocycles. The Hall–Kier alpha value is -1.81. The molecule has 0 amide bonds. The maximum Gasteiger partial charge on any atom is 0.126 e. The summed E-state index contributed by atoms with van der Waals surface area (Å²) in [7, 11) is 0. The maximum atomic E-state index is 13.6. The zero-order chi connectivity index (χ0) is 14.8. The van der Waals surface area contributed by atoms with Gasteiger partial charge in [0.25, 0.3) is 0 Å². The zero-order valence-corrected chi connectivity index (χ0v) is 11.0. The van der Waals surface area contributed by atoms with E-state index in [1.54, 1.807) is 12.1 Å². The Kier molecular flexibility index (Phi) is 4.14. The van der Waals surface area contributed by atoms with E-state index in [0.29, 0.717) is 5.56 Å². The number of rotatable bonds is 4. The molecule has 0 aliphatic rings. The van der Waals surface area contributed by atoms with Gasteiger partial charge < -0.3 is 5.11 Å².